The van der Waals surface area contributed by atoms with Gasteiger partial charge in [0.15, 0.2) is 0 Å². The minimum absolute atomic E-state index is 0.0718. The van der Waals surface area contributed by atoms with Crippen molar-refractivity contribution in [1.29, 1.82) is 0 Å². The van der Waals surface area contributed by atoms with Crippen molar-refractivity contribution in [3.63, 3.8) is 0 Å². The number of carbonyl (C=O) groups is 1. The van der Waals surface area contributed by atoms with E-state index in [0.717, 1.165) is 30.9 Å². The van der Waals surface area contributed by atoms with Gasteiger partial charge in [-0.15, -0.1) is 0 Å². The molecule has 2 aliphatic heterocycles. The predicted octanol–water partition coefficient (Wildman–Crippen LogP) is 2.68. The topological polar surface area (TPSA) is 32.8 Å². The molecule has 0 unspecified atom stereocenters. The summed E-state index contributed by atoms with van der Waals surface area (Å²) in [6.07, 6.45) is 0.826. The summed E-state index contributed by atoms with van der Waals surface area (Å²) in [5.41, 5.74) is 2.08. The van der Waals surface area contributed by atoms with E-state index in [9.17, 15) is 4.79 Å². The Morgan fingerprint density at radius 2 is 1.83 bits per heavy atom. The molecule has 0 N–H and O–H groups in total. The lowest BCUT2D eigenvalue weighted by Crippen LogP contribution is -2.44. The van der Waals surface area contributed by atoms with Crippen molar-refractivity contribution in [2.24, 2.45) is 0 Å². The highest BCUT2D eigenvalue weighted by molar-refractivity contribution is 5.98. The molecule has 0 saturated carbocycles. The number of rotatable bonds is 2. The monoisotopic (exact) mass is 308 g/mol. The summed E-state index contributed by atoms with van der Waals surface area (Å²) in [5.74, 6) is 0.951. The van der Waals surface area contributed by atoms with Crippen LogP contribution in [0.25, 0.3) is 0 Å². The fourth-order valence-electron chi connectivity index (χ4n) is 3.55. The van der Waals surface area contributed by atoms with Gasteiger partial charge in [-0.2, -0.15) is 0 Å². The highest BCUT2D eigenvalue weighted by atomic mass is 16.5. The Morgan fingerprint density at radius 1 is 1.09 bits per heavy atom. The van der Waals surface area contributed by atoms with Crippen LogP contribution >= 0.6 is 0 Å². The van der Waals surface area contributed by atoms with Gasteiger partial charge in [0.2, 0.25) is 5.91 Å². The number of nitrogens with zero attached hydrogens (tertiary/aromatic N) is 2. The molecule has 4 nitrogen and oxygen atoms in total. The Bertz CT molecular complexity index is 716. The molecular formula is C19H20N2O2. The fraction of sp³-hybridized carbons (Fsp3) is 0.316. The smallest absolute Gasteiger partial charge is 0.244 e. The molecule has 1 fully saturated rings. The number of hydrogen-bond donors (Lipinski definition) is 0. The van der Waals surface area contributed by atoms with Crippen LogP contribution in [0.4, 0.5) is 5.69 Å². The van der Waals surface area contributed by atoms with Gasteiger partial charge in [-0.25, -0.2) is 0 Å². The summed E-state index contributed by atoms with van der Waals surface area (Å²) < 4.78 is 6.18. The number of anilines is 1. The van der Waals surface area contributed by atoms with E-state index < -0.39 is 0 Å². The normalized spacial score (nSPS) is 23.9. The largest absolute Gasteiger partial charge is 0.487 e. The number of amides is 1. The molecule has 4 heteroatoms. The van der Waals surface area contributed by atoms with Crippen LogP contribution in [0.3, 0.4) is 0 Å². The quantitative estimate of drug-likeness (QED) is 0.855. The summed E-state index contributed by atoms with van der Waals surface area (Å²) >= 11 is 0. The second-order valence-electron chi connectivity index (χ2n) is 6.27. The van der Waals surface area contributed by atoms with E-state index in [1.807, 2.05) is 49.5 Å². The SMILES string of the molecule is CN1C(=O)[C@@H]2C[C@@H](CN2Cc2ccccc2)Oc2ccccc21. The third kappa shape index (κ3) is 2.59. The number of carbonyl (C=O) groups excluding carboxylic acids is 1. The first-order chi connectivity index (χ1) is 11.2. The molecule has 2 atom stereocenters. The van der Waals surface area contributed by atoms with E-state index in [0.29, 0.717) is 0 Å². The van der Waals surface area contributed by atoms with Crippen LogP contribution in [0.2, 0.25) is 0 Å². The molecule has 23 heavy (non-hydrogen) atoms. The summed E-state index contributed by atoms with van der Waals surface area (Å²) in [7, 11) is 1.84. The lowest BCUT2D eigenvalue weighted by molar-refractivity contribution is -0.122. The zero-order valence-electron chi connectivity index (χ0n) is 13.2. The first-order valence-corrected chi connectivity index (χ1v) is 8.03. The molecule has 118 valence electrons. The fourth-order valence-corrected chi connectivity index (χ4v) is 3.55. The number of ether oxygens (including phenoxy) is 1. The van der Waals surface area contributed by atoms with Crippen LogP contribution in [0.1, 0.15) is 12.0 Å². The van der Waals surface area contributed by atoms with Crippen LogP contribution < -0.4 is 9.64 Å². The standard InChI is InChI=1S/C19H20N2O2/c1-20-16-9-5-6-10-18(16)23-15-11-17(19(20)22)21(13-15)12-14-7-3-2-4-8-14/h2-10,15,17H,11-13H2,1H3/t15-,17-/m0/s1. The lowest BCUT2D eigenvalue weighted by atomic mass is 10.1. The van der Waals surface area contributed by atoms with Crippen molar-refractivity contribution in [1.82, 2.24) is 4.90 Å². The number of hydrogen-bond acceptors (Lipinski definition) is 3. The Labute approximate surface area is 136 Å². The zero-order valence-corrected chi connectivity index (χ0v) is 13.2. The van der Waals surface area contributed by atoms with Gasteiger partial charge >= 0.3 is 0 Å². The maximum Gasteiger partial charge on any atom is 0.244 e. The maximum atomic E-state index is 12.9. The van der Waals surface area contributed by atoms with Gasteiger partial charge < -0.3 is 9.64 Å². The molecule has 0 spiro atoms. The van der Waals surface area contributed by atoms with Crippen molar-refractivity contribution in [2.75, 3.05) is 18.5 Å². The minimum atomic E-state index is -0.112. The van der Waals surface area contributed by atoms with E-state index in [-0.39, 0.29) is 18.1 Å². The van der Waals surface area contributed by atoms with Gasteiger partial charge in [0, 0.05) is 26.6 Å². The van der Waals surface area contributed by atoms with Crippen molar-refractivity contribution >= 4 is 11.6 Å². The highest BCUT2D eigenvalue weighted by Gasteiger charge is 2.41. The van der Waals surface area contributed by atoms with Crippen LogP contribution in [-0.2, 0) is 11.3 Å². The van der Waals surface area contributed by atoms with E-state index in [1.54, 1.807) is 4.90 Å². The van der Waals surface area contributed by atoms with Crippen LogP contribution in [0.15, 0.2) is 54.6 Å². The van der Waals surface area contributed by atoms with E-state index >= 15 is 0 Å². The van der Waals surface area contributed by atoms with Crippen molar-refractivity contribution in [3.8, 4) is 5.75 Å². The van der Waals surface area contributed by atoms with Crippen LogP contribution in [0.5, 0.6) is 5.75 Å². The number of para-hydroxylation sites is 2. The molecule has 2 aromatic carbocycles. The first-order valence-electron chi connectivity index (χ1n) is 8.03. The third-order valence-electron chi connectivity index (χ3n) is 4.73. The first kappa shape index (κ1) is 14.3. The average Bonchev–Trinajstić information content (AvgIpc) is 2.97. The molecule has 0 aliphatic carbocycles. The van der Waals surface area contributed by atoms with Crippen molar-refractivity contribution in [2.45, 2.75) is 25.1 Å². The van der Waals surface area contributed by atoms with Gasteiger partial charge in [0.05, 0.1) is 11.7 Å². The van der Waals surface area contributed by atoms with Crippen molar-refractivity contribution < 1.29 is 9.53 Å². The highest BCUT2D eigenvalue weighted by Crippen LogP contribution is 2.35. The van der Waals surface area contributed by atoms with Gasteiger partial charge in [0.1, 0.15) is 11.9 Å². The Morgan fingerprint density at radius 3 is 2.65 bits per heavy atom. The van der Waals surface area contributed by atoms with Crippen molar-refractivity contribution in [3.05, 3.63) is 60.2 Å². The summed E-state index contributed by atoms with van der Waals surface area (Å²) in [4.78, 5) is 16.9. The lowest BCUT2D eigenvalue weighted by Gasteiger charge is -2.29. The molecule has 2 heterocycles. The molecule has 2 bridgehead atoms. The van der Waals surface area contributed by atoms with Gasteiger partial charge in [-0.1, -0.05) is 42.5 Å². The Hall–Kier alpha value is -2.33. The molecule has 0 radical (unpaired) electrons. The molecule has 1 saturated heterocycles. The third-order valence-corrected chi connectivity index (χ3v) is 4.73. The summed E-state index contributed by atoms with van der Waals surface area (Å²) in [5, 5.41) is 0. The number of fused-ring (bicyclic) bond motifs is 3. The molecule has 2 aliphatic rings. The van der Waals surface area contributed by atoms with E-state index in [4.69, 9.17) is 4.74 Å². The van der Waals surface area contributed by atoms with Gasteiger partial charge in [-0.3, -0.25) is 9.69 Å². The Balaban J connectivity index is 1.63. The molecule has 0 aromatic heterocycles. The van der Waals surface area contributed by atoms with Crippen LogP contribution in [0, 0.1) is 0 Å². The van der Waals surface area contributed by atoms with E-state index in [1.165, 1.54) is 5.56 Å². The zero-order chi connectivity index (χ0) is 15.8. The predicted molar refractivity (Wildman–Crippen MR) is 89.5 cm³/mol. The number of likely N-dealkylation sites (tertiary alicyclic amines) is 1. The number of likely N-dealkylation sites (N-methyl/N-ethyl adjacent to an activating group) is 1. The van der Waals surface area contributed by atoms with Gasteiger partial charge in [0.25, 0.3) is 0 Å². The maximum absolute atomic E-state index is 12.9. The average molecular weight is 308 g/mol. The molecule has 1 amide bonds. The summed E-state index contributed by atoms with van der Waals surface area (Å²) in [6.45, 7) is 1.56. The molecular weight excluding hydrogens is 288 g/mol. The summed E-state index contributed by atoms with van der Waals surface area (Å²) in [6, 6.07) is 18.0. The van der Waals surface area contributed by atoms with Gasteiger partial charge in [-0.05, 0) is 17.7 Å². The minimum Gasteiger partial charge on any atom is -0.487 e. The Kier molecular flexibility index (Phi) is 3.54. The van der Waals surface area contributed by atoms with E-state index in [2.05, 4.69) is 17.0 Å². The number of benzene rings is 2. The second kappa shape index (κ2) is 5.70. The molecule has 4 rings (SSSR count). The molecule has 2 aromatic rings. The van der Waals surface area contributed by atoms with Crippen LogP contribution in [-0.4, -0.2) is 36.5 Å². The second-order valence-corrected chi connectivity index (χ2v) is 6.27.